The maximum Gasteiger partial charge on any atom is 0.164 e. The minimum atomic E-state index is -3.07. The summed E-state index contributed by atoms with van der Waals surface area (Å²) in [7, 11) is -3.07. The first-order valence-electron chi connectivity index (χ1n) is 8.12. The van der Waals surface area contributed by atoms with Crippen LogP contribution in [0.3, 0.4) is 0 Å². The van der Waals surface area contributed by atoms with Gasteiger partial charge in [-0.2, -0.15) is 0 Å². The molecule has 0 N–H and O–H groups in total. The Labute approximate surface area is 161 Å². The van der Waals surface area contributed by atoms with Gasteiger partial charge in [-0.3, -0.25) is 4.99 Å². The molecular formula is C18H16ClFN2O2S2. The minimum absolute atomic E-state index is 0.0857. The number of benzene rings is 2. The van der Waals surface area contributed by atoms with Gasteiger partial charge in [0.25, 0.3) is 0 Å². The van der Waals surface area contributed by atoms with E-state index in [2.05, 4.69) is 4.99 Å². The quantitative estimate of drug-likeness (QED) is 0.773. The Kier molecular flexibility index (Phi) is 4.71. The third-order valence-corrected chi connectivity index (χ3v) is 7.58. The molecule has 0 aromatic heterocycles. The second-order valence-electron chi connectivity index (χ2n) is 6.35. The fourth-order valence-electron chi connectivity index (χ4n) is 3.30. The maximum absolute atomic E-state index is 13.2. The molecule has 2 heterocycles. The molecular weight excluding hydrogens is 395 g/mol. The van der Waals surface area contributed by atoms with E-state index in [1.54, 1.807) is 6.07 Å². The summed E-state index contributed by atoms with van der Waals surface area (Å²) >= 11 is 7.61. The highest BCUT2D eigenvalue weighted by molar-refractivity contribution is 8.13. The molecule has 4 rings (SSSR count). The monoisotopic (exact) mass is 410 g/mol. The summed E-state index contributed by atoms with van der Waals surface area (Å²) in [6, 6.07) is 13.6. The SMILES string of the molecule is O=S1(=O)C[C@@H]2N=C(SCc3ccc(F)cc3Cl)N(c3ccccc3)[C@@H]2C1. The number of hydrogen-bond acceptors (Lipinski definition) is 5. The van der Waals surface area contributed by atoms with Crippen LogP contribution < -0.4 is 4.90 Å². The number of hydrogen-bond donors (Lipinski definition) is 0. The van der Waals surface area contributed by atoms with Gasteiger partial charge in [0.1, 0.15) is 5.82 Å². The van der Waals surface area contributed by atoms with E-state index < -0.39 is 9.84 Å². The number of thioether (sulfide) groups is 1. The second-order valence-corrected chi connectivity index (χ2v) is 9.86. The Morgan fingerprint density at radius 2 is 1.96 bits per heavy atom. The molecule has 0 spiro atoms. The van der Waals surface area contributed by atoms with Gasteiger partial charge in [0, 0.05) is 16.5 Å². The smallest absolute Gasteiger partial charge is 0.164 e. The Morgan fingerprint density at radius 3 is 2.69 bits per heavy atom. The maximum atomic E-state index is 13.2. The Hall–Kier alpha value is -1.57. The van der Waals surface area contributed by atoms with E-state index >= 15 is 0 Å². The summed E-state index contributed by atoms with van der Waals surface area (Å²) in [6.07, 6.45) is 0. The third kappa shape index (κ3) is 3.48. The molecule has 2 aromatic carbocycles. The molecule has 2 aliphatic rings. The van der Waals surface area contributed by atoms with E-state index in [-0.39, 0.29) is 29.4 Å². The van der Waals surface area contributed by atoms with Gasteiger partial charge < -0.3 is 4.90 Å². The number of fused-ring (bicyclic) bond motifs is 1. The summed E-state index contributed by atoms with van der Waals surface area (Å²) in [6.45, 7) is 0. The van der Waals surface area contributed by atoms with Gasteiger partial charge in [-0.25, -0.2) is 12.8 Å². The largest absolute Gasteiger partial charge is 0.315 e. The van der Waals surface area contributed by atoms with Gasteiger partial charge in [0.2, 0.25) is 0 Å². The van der Waals surface area contributed by atoms with Gasteiger partial charge >= 0.3 is 0 Å². The molecule has 8 heteroatoms. The van der Waals surface area contributed by atoms with Crippen molar-refractivity contribution in [3.63, 3.8) is 0 Å². The van der Waals surface area contributed by atoms with Crippen molar-refractivity contribution >= 4 is 44.1 Å². The lowest BCUT2D eigenvalue weighted by molar-refractivity contribution is 0.601. The van der Waals surface area contributed by atoms with E-state index in [1.807, 2.05) is 35.2 Å². The van der Waals surface area contributed by atoms with E-state index in [1.165, 1.54) is 23.9 Å². The minimum Gasteiger partial charge on any atom is -0.315 e. The molecule has 0 unspecified atom stereocenters. The molecule has 0 saturated carbocycles. The van der Waals surface area contributed by atoms with Crippen LogP contribution in [0.2, 0.25) is 5.02 Å². The predicted octanol–water partition coefficient (Wildman–Crippen LogP) is 3.75. The highest BCUT2D eigenvalue weighted by atomic mass is 35.5. The van der Waals surface area contributed by atoms with Crippen molar-refractivity contribution in [1.82, 2.24) is 0 Å². The normalized spacial score (nSPS) is 23.8. The molecule has 2 aliphatic heterocycles. The van der Waals surface area contributed by atoms with Crippen molar-refractivity contribution in [2.24, 2.45) is 4.99 Å². The lowest BCUT2D eigenvalue weighted by atomic mass is 10.1. The summed E-state index contributed by atoms with van der Waals surface area (Å²) in [5, 5.41) is 1.16. The number of anilines is 1. The number of para-hydroxylation sites is 1. The summed E-state index contributed by atoms with van der Waals surface area (Å²) < 4.78 is 37.3. The van der Waals surface area contributed by atoms with Crippen LogP contribution in [0.1, 0.15) is 5.56 Å². The van der Waals surface area contributed by atoms with Crippen LogP contribution in [0, 0.1) is 5.82 Å². The van der Waals surface area contributed by atoms with E-state index in [0.717, 1.165) is 16.4 Å². The molecule has 0 radical (unpaired) electrons. The molecule has 1 saturated heterocycles. The summed E-state index contributed by atoms with van der Waals surface area (Å²) in [5.41, 5.74) is 1.74. The Balaban J connectivity index is 1.61. The first-order chi connectivity index (χ1) is 12.4. The van der Waals surface area contributed by atoms with Gasteiger partial charge in [-0.15, -0.1) is 0 Å². The predicted molar refractivity (Wildman–Crippen MR) is 105 cm³/mol. The van der Waals surface area contributed by atoms with Crippen molar-refractivity contribution in [3.05, 3.63) is 64.9 Å². The average molecular weight is 411 g/mol. The van der Waals surface area contributed by atoms with Crippen LogP contribution in [0.25, 0.3) is 0 Å². The number of amidine groups is 1. The number of nitrogens with zero attached hydrogens (tertiary/aromatic N) is 2. The number of sulfone groups is 1. The standard InChI is InChI=1S/C18H16ClFN2O2S2/c19-15-8-13(20)7-6-12(15)9-25-18-21-16-10-26(23,24)11-17(16)22(18)14-4-2-1-3-5-14/h1-8,16-17H,9-11H2/t16-,17+/m0/s1. The number of halogens is 2. The third-order valence-electron chi connectivity index (χ3n) is 4.51. The van der Waals surface area contributed by atoms with E-state index in [0.29, 0.717) is 10.8 Å². The van der Waals surface area contributed by atoms with Gasteiger partial charge in [-0.05, 0) is 29.8 Å². The van der Waals surface area contributed by atoms with E-state index in [9.17, 15) is 12.8 Å². The fraction of sp³-hybridized carbons (Fsp3) is 0.278. The lowest BCUT2D eigenvalue weighted by Gasteiger charge is -2.26. The number of aliphatic imine (C=N–C) groups is 1. The zero-order valence-electron chi connectivity index (χ0n) is 13.7. The van der Waals surface area contributed by atoms with Crippen molar-refractivity contribution < 1.29 is 12.8 Å². The van der Waals surface area contributed by atoms with Crippen LogP contribution in [-0.4, -0.2) is 37.2 Å². The van der Waals surface area contributed by atoms with Crippen molar-refractivity contribution in [2.75, 3.05) is 16.4 Å². The molecule has 136 valence electrons. The average Bonchev–Trinajstić information content (AvgIpc) is 3.06. The molecule has 26 heavy (non-hydrogen) atoms. The van der Waals surface area contributed by atoms with Crippen molar-refractivity contribution in [3.8, 4) is 0 Å². The Bertz CT molecular complexity index is 966. The van der Waals surface area contributed by atoms with Crippen LogP contribution in [0.5, 0.6) is 0 Å². The van der Waals surface area contributed by atoms with Crippen LogP contribution in [0.4, 0.5) is 10.1 Å². The molecule has 0 amide bonds. The zero-order chi connectivity index (χ0) is 18.3. The van der Waals surface area contributed by atoms with E-state index in [4.69, 9.17) is 11.6 Å². The topological polar surface area (TPSA) is 49.7 Å². The first kappa shape index (κ1) is 17.8. The van der Waals surface area contributed by atoms with Crippen LogP contribution in [0.15, 0.2) is 53.5 Å². The van der Waals surface area contributed by atoms with Crippen molar-refractivity contribution in [1.29, 1.82) is 0 Å². The van der Waals surface area contributed by atoms with Gasteiger partial charge in [0.15, 0.2) is 15.0 Å². The van der Waals surface area contributed by atoms with Gasteiger partial charge in [-0.1, -0.05) is 47.6 Å². The second kappa shape index (κ2) is 6.87. The fourth-order valence-corrected chi connectivity index (χ4v) is 6.59. The van der Waals surface area contributed by atoms with Crippen LogP contribution in [-0.2, 0) is 15.6 Å². The summed E-state index contributed by atoms with van der Waals surface area (Å²) in [5.74, 6) is 0.361. The molecule has 2 atom stereocenters. The highest BCUT2D eigenvalue weighted by Crippen LogP contribution is 2.36. The highest BCUT2D eigenvalue weighted by Gasteiger charge is 2.47. The molecule has 1 fully saturated rings. The molecule has 0 aliphatic carbocycles. The van der Waals surface area contributed by atoms with Gasteiger partial charge in [0.05, 0.1) is 23.6 Å². The molecule has 4 nitrogen and oxygen atoms in total. The lowest BCUT2D eigenvalue weighted by Crippen LogP contribution is -2.39. The van der Waals surface area contributed by atoms with Crippen molar-refractivity contribution in [2.45, 2.75) is 17.8 Å². The first-order valence-corrected chi connectivity index (χ1v) is 11.3. The Morgan fingerprint density at radius 1 is 1.19 bits per heavy atom. The number of rotatable bonds is 3. The van der Waals surface area contributed by atoms with Crippen LogP contribution >= 0.6 is 23.4 Å². The molecule has 0 bridgehead atoms. The zero-order valence-corrected chi connectivity index (χ0v) is 16.1. The summed E-state index contributed by atoms with van der Waals surface area (Å²) in [4.78, 5) is 6.69. The molecule has 2 aromatic rings.